The van der Waals surface area contributed by atoms with Crippen molar-refractivity contribution in [1.82, 2.24) is 30.0 Å². The van der Waals surface area contributed by atoms with Gasteiger partial charge in [0.05, 0.1) is 0 Å². The van der Waals surface area contributed by atoms with Gasteiger partial charge in [0.1, 0.15) is 11.9 Å². The lowest BCUT2D eigenvalue weighted by molar-refractivity contribution is -0.142. The standard InChI is InChI=1S/C18H28N6O3/c1-13-19-20-21-24(13)8-2-7-23-12-18(11-15(23)17(26)27)5-9-22(10-6-18)16(25)14-3-4-14/h14-15H,2-12H2,1H3,(H,26,27)/t15-/m1/s1. The normalized spacial score (nSPS) is 25.2. The first kappa shape index (κ1) is 18.3. The molecule has 1 N–H and O–H groups in total. The van der Waals surface area contributed by atoms with E-state index in [0.717, 1.165) is 64.1 Å². The highest BCUT2D eigenvalue weighted by Gasteiger charge is 2.48. The van der Waals surface area contributed by atoms with Crippen molar-refractivity contribution < 1.29 is 14.7 Å². The van der Waals surface area contributed by atoms with Crippen molar-refractivity contribution in [3.8, 4) is 0 Å². The van der Waals surface area contributed by atoms with Gasteiger partial charge in [-0.3, -0.25) is 14.5 Å². The summed E-state index contributed by atoms with van der Waals surface area (Å²) < 4.78 is 1.75. The van der Waals surface area contributed by atoms with E-state index in [2.05, 4.69) is 20.4 Å². The van der Waals surface area contributed by atoms with E-state index >= 15 is 0 Å². The third-order valence-electron chi connectivity index (χ3n) is 6.48. The van der Waals surface area contributed by atoms with Crippen LogP contribution in [0.15, 0.2) is 0 Å². The number of aryl methyl sites for hydroxylation is 2. The molecular weight excluding hydrogens is 348 g/mol. The van der Waals surface area contributed by atoms with Gasteiger partial charge in [-0.1, -0.05) is 0 Å². The number of rotatable bonds is 6. The van der Waals surface area contributed by atoms with Crippen LogP contribution in [0.2, 0.25) is 0 Å². The fraction of sp³-hybridized carbons (Fsp3) is 0.833. The van der Waals surface area contributed by atoms with Gasteiger partial charge in [0.2, 0.25) is 5.91 Å². The topological polar surface area (TPSA) is 104 Å². The molecule has 3 heterocycles. The van der Waals surface area contributed by atoms with Gasteiger partial charge in [-0.25, -0.2) is 4.68 Å². The van der Waals surface area contributed by atoms with Crippen molar-refractivity contribution in [2.75, 3.05) is 26.2 Å². The number of carbonyl (C=O) groups excluding carboxylic acids is 1. The first-order valence-electron chi connectivity index (χ1n) is 9.96. The number of likely N-dealkylation sites (tertiary alicyclic amines) is 2. The van der Waals surface area contributed by atoms with Crippen LogP contribution in [-0.4, -0.2) is 79.2 Å². The number of hydrogen-bond donors (Lipinski definition) is 1. The molecule has 1 saturated carbocycles. The van der Waals surface area contributed by atoms with Crippen molar-refractivity contribution in [2.45, 2.75) is 58.0 Å². The second-order valence-corrected chi connectivity index (χ2v) is 8.43. The molecule has 3 fully saturated rings. The number of carbonyl (C=O) groups is 2. The van der Waals surface area contributed by atoms with Crippen LogP contribution in [0, 0.1) is 18.3 Å². The minimum Gasteiger partial charge on any atom is -0.480 e. The molecule has 9 nitrogen and oxygen atoms in total. The van der Waals surface area contributed by atoms with E-state index in [-0.39, 0.29) is 11.3 Å². The predicted molar refractivity (Wildman–Crippen MR) is 95.8 cm³/mol. The molecule has 2 saturated heterocycles. The lowest BCUT2D eigenvalue weighted by Gasteiger charge is -2.39. The van der Waals surface area contributed by atoms with E-state index in [1.54, 1.807) is 4.68 Å². The number of piperidine rings is 1. The molecule has 0 aromatic carbocycles. The Hall–Kier alpha value is -2.03. The van der Waals surface area contributed by atoms with Crippen LogP contribution >= 0.6 is 0 Å². The Balaban J connectivity index is 1.33. The smallest absolute Gasteiger partial charge is 0.320 e. The van der Waals surface area contributed by atoms with Crippen molar-refractivity contribution in [2.24, 2.45) is 11.3 Å². The average molecular weight is 376 g/mol. The molecule has 0 radical (unpaired) electrons. The van der Waals surface area contributed by atoms with Crippen molar-refractivity contribution in [1.29, 1.82) is 0 Å². The number of carboxylic acids is 1. The predicted octanol–water partition coefficient (Wildman–Crippen LogP) is 0.549. The van der Waals surface area contributed by atoms with Gasteiger partial charge in [0.15, 0.2) is 0 Å². The first-order valence-corrected chi connectivity index (χ1v) is 9.96. The number of nitrogens with zero attached hydrogens (tertiary/aromatic N) is 6. The summed E-state index contributed by atoms with van der Waals surface area (Å²) in [6.45, 7) is 5.64. The number of aliphatic carboxylic acids is 1. The van der Waals surface area contributed by atoms with Crippen LogP contribution in [0.1, 0.15) is 44.3 Å². The molecule has 9 heteroatoms. The number of hydrogen-bond acceptors (Lipinski definition) is 6. The second-order valence-electron chi connectivity index (χ2n) is 8.43. The maximum absolute atomic E-state index is 12.3. The van der Waals surface area contributed by atoms with Crippen LogP contribution in [0.4, 0.5) is 0 Å². The van der Waals surface area contributed by atoms with E-state index in [9.17, 15) is 14.7 Å². The third kappa shape index (κ3) is 3.83. The number of carboxylic acid groups (broad SMARTS) is 1. The number of tetrazole rings is 1. The third-order valence-corrected chi connectivity index (χ3v) is 6.48. The van der Waals surface area contributed by atoms with E-state index in [0.29, 0.717) is 18.9 Å². The van der Waals surface area contributed by atoms with E-state index < -0.39 is 12.0 Å². The monoisotopic (exact) mass is 376 g/mol. The maximum atomic E-state index is 12.3. The molecule has 1 spiro atoms. The van der Waals surface area contributed by atoms with Crippen molar-refractivity contribution >= 4 is 11.9 Å². The molecule has 1 atom stereocenters. The molecule has 4 rings (SSSR count). The highest BCUT2D eigenvalue weighted by Crippen LogP contribution is 2.44. The Bertz CT molecular complexity index is 708. The number of aromatic nitrogens is 4. The summed E-state index contributed by atoms with van der Waals surface area (Å²) in [6, 6.07) is -0.425. The summed E-state index contributed by atoms with van der Waals surface area (Å²) in [5.74, 6) is 0.615. The van der Waals surface area contributed by atoms with Crippen molar-refractivity contribution in [3.05, 3.63) is 5.82 Å². The largest absolute Gasteiger partial charge is 0.480 e. The Labute approximate surface area is 158 Å². The molecular formula is C18H28N6O3. The Kier molecular flexibility index (Phi) is 4.88. The Morgan fingerprint density at radius 3 is 2.56 bits per heavy atom. The van der Waals surface area contributed by atoms with Crippen LogP contribution in [0.25, 0.3) is 0 Å². The average Bonchev–Trinajstić information content (AvgIpc) is 3.33. The molecule has 27 heavy (non-hydrogen) atoms. The molecule has 1 aromatic rings. The van der Waals surface area contributed by atoms with E-state index in [1.807, 2.05) is 11.8 Å². The molecule has 2 aliphatic heterocycles. The molecule has 0 unspecified atom stereocenters. The quantitative estimate of drug-likeness (QED) is 0.773. The summed E-state index contributed by atoms with van der Waals surface area (Å²) in [4.78, 5) is 28.2. The molecule has 1 aliphatic carbocycles. The SMILES string of the molecule is Cc1nnnn1CCCN1CC2(CCN(C(=O)C3CC3)CC2)C[C@@H]1C(=O)O. The minimum absolute atomic E-state index is 0.0358. The Morgan fingerprint density at radius 2 is 1.96 bits per heavy atom. The minimum atomic E-state index is -0.734. The van der Waals surface area contributed by atoms with Gasteiger partial charge in [-0.05, 0) is 61.3 Å². The molecule has 1 aromatic heterocycles. The molecule has 0 bridgehead atoms. The highest BCUT2D eigenvalue weighted by molar-refractivity contribution is 5.81. The van der Waals surface area contributed by atoms with Gasteiger partial charge in [-0.15, -0.1) is 5.10 Å². The van der Waals surface area contributed by atoms with Crippen LogP contribution < -0.4 is 0 Å². The zero-order valence-electron chi connectivity index (χ0n) is 15.9. The molecule has 3 aliphatic rings. The summed E-state index contributed by atoms with van der Waals surface area (Å²) in [7, 11) is 0. The first-order chi connectivity index (χ1) is 13.0. The van der Waals surface area contributed by atoms with Gasteiger partial charge >= 0.3 is 5.97 Å². The number of amides is 1. The van der Waals surface area contributed by atoms with E-state index in [1.165, 1.54) is 0 Å². The van der Waals surface area contributed by atoms with Crippen LogP contribution in [0.5, 0.6) is 0 Å². The van der Waals surface area contributed by atoms with Crippen LogP contribution in [0.3, 0.4) is 0 Å². The second kappa shape index (κ2) is 7.18. The summed E-state index contributed by atoms with van der Waals surface area (Å²) in [5, 5.41) is 21.2. The lowest BCUT2D eigenvalue weighted by atomic mass is 9.76. The summed E-state index contributed by atoms with van der Waals surface area (Å²) in [5.41, 5.74) is 0.0358. The molecule has 148 valence electrons. The van der Waals surface area contributed by atoms with Crippen molar-refractivity contribution in [3.63, 3.8) is 0 Å². The van der Waals surface area contributed by atoms with Crippen LogP contribution in [-0.2, 0) is 16.1 Å². The zero-order valence-corrected chi connectivity index (χ0v) is 15.9. The highest BCUT2D eigenvalue weighted by atomic mass is 16.4. The van der Waals surface area contributed by atoms with Gasteiger partial charge in [0, 0.05) is 38.6 Å². The van der Waals surface area contributed by atoms with Gasteiger partial charge < -0.3 is 10.0 Å². The summed E-state index contributed by atoms with van der Waals surface area (Å²) >= 11 is 0. The van der Waals surface area contributed by atoms with E-state index in [4.69, 9.17) is 0 Å². The van der Waals surface area contributed by atoms with Gasteiger partial charge in [0.25, 0.3) is 0 Å². The summed E-state index contributed by atoms with van der Waals surface area (Å²) in [6.07, 6.45) is 5.41. The fourth-order valence-corrected chi connectivity index (χ4v) is 4.65. The molecule has 1 amide bonds. The fourth-order valence-electron chi connectivity index (χ4n) is 4.65. The lowest BCUT2D eigenvalue weighted by Crippen LogP contribution is -2.44. The zero-order chi connectivity index (χ0) is 19.0. The van der Waals surface area contributed by atoms with Gasteiger partial charge in [-0.2, -0.15) is 0 Å². The maximum Gasteiger partial charge on any atom is 0.320 e. The Morgan fingerprint density at radius 1 is 1.22 bits per heavy atom.